The number of ether oxygens (including phenoxy) is 1. The van der Waals surface area contributed by atoms with Crippen molar-refractivity contribution < 1.29 is 4.74 Å². The molecule has 1 aliphatic heterocycles. The number of hydrogen-bond donors (Lipinski definition) is 1. The average Bonchev–Trinajstić information content (AvgIpc) is 2.04. The molecular formula is C11H23NO. The third kappa shape index (κ3) is 5.27. The van der Waals surface area contributed by atoms with E-state index in [1.807, 2.05) is 0 Å². The second kappa shape index (κ2) is 4.97. The molecule has 0 saturated carbocycles. The SMILES string of the molecule is CC(C)(C)NCC[C@@H]1CCCCO1. The van der Waals surface area contributed by atoms with Crippen molar-refractivity contribution in [3.05, 3.63) is 0 Å². The molecule has 78 valence electrons. The van der Waals surface area contributed by atoms with Gasteiger partial charge in [0.25, 0.3) is 0 Å². The first-order valence-corrected chi connectivity index (χ1v) is 5.44. The van der Waals surface area contributed by atoms with Gasteiger partial charge < -0.3 is 10.1 Å². The van der Waals surface area contributed by atoms with Gasteiger partial charge in [-0.1, -0.05) is 0 Å². The second-order valence-electron chi connectivity index (χ2n) is 4.95. The molecule has 1 atom stereocenters. The summed E-state index contributed by atoms with van der Waals surface area (Å²) in [5.41, 5.74) is 0.245. The van der Waals surface area contributed by atoms with Crippen LogP contribution in [0.4, 0.5) is 0 Å². The predicted molar refractivity (Wildman–Crippen MR) is 56.0 cm³/mol. The Morgan fingerprint density at radius 3 is 2.62 bits per heavy atom. The number of rotatable bonds is 3. The fourth-order valence-corrected chi connectivity index (χ4v) is 1.64. The summed E-state index contributed by atoms with van der Waals surface area (Å²) in [6.45, 7) is 8.66. The Kier molecular flexibility index (Phi) is 4.20. The Hall–Kier alpha value is -0.0800. The molecule has 0 aromatic rings. The smallest absolute Gasteiger partial charge is 0.0587 e. The van der Waals surface area contributed by atoms with Gasteiger partial charge >= 0.3 is 0 Å². The van der Waals surface area contributed by atoms with Gasteiger partial charge in [0.05, 0.1) is 6.10 Å². The third-order valence-electron chi connectivity index (χ3n) is 2.40. The van der Waals surface area contributed by atoms with E-state index in [-0.39, 0.29) is 5.54 Å². The van der Waals surface area contributed by atoms with Crippen molar-refractivity contribution >= 4 is 0 Å². The summed E-state index contributed by atoms with van der Waals surface area (Å²) in [5.74, 6) is 0. The highest BCUT2D eigenvalue weighted by molar-refractivity contribution is 4.72. The summed E-state index contributed by atoms with van der Waals surface area (Å²) in [6.07, 6.45) is 5.54. The molecule has 13 heavy (non-hydrogen) atoms. The fourth-order valence-electron chi connectivity index (χ4n) is 1.64. The van der Waals surface area contributed by atoms with Gasteiger partial charge in [-0.15, -0.1) is 0 Å². The minimum Gasteiger partial charge on any atom is -0.378 e. The molecule has 0 aliphatic carbocycles. The predicted octanol–water partition coefficient (Wildman–Crippen LogP) is 2.33. The molecule has 0 bridgehead atoms. The summed E-state index contributed by atoms with van der Waals surface area (Å²) in [7, 11) is 0. The van der Waals surface area contributed by atoms with Crippen molar-refractivity contribution in [1.29, 1.82) is 0 Å². The maximum absolute atomic E-state index is 5.65. The van der Waals surface area contributed by atoms with E-state index >= 15 is 0 Å². The Balaban J connectivity index is 2.04. The van der Waals surface area contributed by atoms with Crippen molar-refractivity contribution in [2.24, 2.45) is 0 Å². The monoisotopic (exact) mass is 185 g/mol. The van der Waals surface area contributed by atoms with Crippen LogP contribution in [-0.4, -0.2) is 24.8 Å². The minimum atomic E-state index is 0.245. The van der Waals surface area contributed by atoms with Gasteiger partial charge in [-0.2, -0.15) is 0 Å². The normalized spacial score (nSPS) is 24.7. The molecule has 2 heteroatoms. The zero-order valence-electron chi connectivity index (χ0n) is 9.23. The molecule has 0 radical (unpaired) electrons. The maximum Gasteiger partial charge on any atom is 0.0587 e. The highest BCUT2D eigenvalue weighted by Crippen LogP contribution is 2.15. The molecular weight excluding hydrogens is 162 g/mol. The van der Waals surface area contributed by atoms with Crippen molar-refractivity contribution in [3.8, 4) is 0 Å². The van der Waals surface area contributed by atoms with Crippen LogP contribution in [0.1, 0.15) is 46.5 Å². The first-order chi connectivity index (χ1) is 6.08. The maximum atomic E-state index is 5.65. The van der Waals surface area contributed by atoms with Gasteiger partial charge in [-0.05, 0) is 53.0 Å². The zero-order chi connectivity index (χ0) is 9.73. The van der Waals surface area contributed by atoms with Crippen LogP contribution in [-0.2, 0) is 4.74 Å². The summed E-state index contributed by atoms with van der Waals surface area (Å²) in [4.78, 5) is 0. The van der Waals surface area contributed by atoms with Crippen LogP contribution >= 0.6 is 0 Å². The highest BCUT2D eigenvalue weighted by Gasteiger charge is 2.14. The van der Waals surface area contributed by atoms with E-state index < -0.39 is 0 Å². The molecule has 0 aromatic carbocycles. The van der Waals surface area contributed by atoms with Crippen LogP contribution < -0.4 is 5.32 Å². The topological polar surface area (TPSA) is 21.3 Å². The van der Waals surface area contributed by atoms with Crippen LogP contribution in [0.15, 0.2) is 0 Å². The molecule has 1 heterocycles. The van der Waals surface area contributed by atoms with E-state index in [0.29, 0.717) is 6.10 Å². The van der Waals surface area contributed by atoms with Gasteiger partial charge in [0.2, 0.25) is 0 Å². The van der Waals surface area contributed by atoms with E-state index in [4.69, 9.17) is 4.74 Å². The number of nitrogens with one attached hydrogen (secondary N) is 1. The van der Waals surface area contributed by atoms with Crippen molar-refractivity contribution in [1.82, 2.24) is 5.32 Å². The Labute approximate surface area is 82.0 Å². The lowest BCUT2D eigenvalue weighted by Gasteiger charge is -2.25. The van der Waals surface area contributed by atoms with E-state index in [1.54, 1.807) is 0 Å². The second-order valence-corrected chi connectivity index (χ2v) is 4.95. The van der Waals surface area contributed by atoms with Crippen LogP contribution in [0.2, 0.25) is 0 Å². The lowest BCUT2D eigenvalue weighted by molar-refractivity contribution is 0.0108. The highest BCUT2D eigenvalue weighted by atomic mass is 16.5. The average molecular weight is 185 g/mol. The lowest BCUT2D eigenvalue weighted by atomic mass is 10.0. The van der Waals surface area contributed by atoms with Gasteiger partial charge in [0.1, 0.15) is 0 Å². The minimum absolute atomic E-state index is 0.245. The van der Waals surface area contributed by atoms with Crippen LogP contribution in [0, 0.1) is 0 Å². The lowest BCUT2D eigenvalue weighted by Crippen LogP contribution is -2.38. The largest absolute Gasteiger partial charge is 0.378 e. The van der Waals surface area contributed by atoms with E-state index in [9.17, 15) is 0 Å². The van der Waals surface area contributed by atoms with Crippen molar-refractivity contribution in [2.75, 3.05) is 13.2 Å². The van der Waals surface area contributed by atoms with Gasteiger partial charge in [-0.3, -0.25) is 0 Å². The summed E-state index contributed by atoms with van der Waals surface area (Å²) in [6, 6.07) is 0. The van der Waals surface area contributed by atoms with E-state index in [1.165, 1.54) is 19.3 Å². The van der Waals surface area contributed by atoms with Gasteiger partial charge in [-0.25, -0.2) is 0 Å². The molecule has 1 rings (SSSR count). The Morgan fingerprint density at radius 1 is 1.31 bits per heavy atom. The standard InChI is InChI=1S/C11H23NO/c1-11(2,3)12-8-7-10-6-4-5-9-13-10/h10,12H,4-9H2,1-3H3/t10-/m0/s1. The summed E-state index contributed by atoms with van der Waals surface area (Å²) in [5, 5.41) is 3.49. The van der Waals surface area contributed by atoms with Crippen molar-refractivity contribution in [2.45, 2.75) is 58.1 Å². The third-order valence-corrected chi connectivity index (χ3v) is 2.40. The molecule has 2 nitrogen and oxygen atoms in total. The van der Waals surface area contributed by atoms with E-state index in [0.717, 1.165) is 19.6 Å². The van der Waals surface area contributed by atoms with Crippen molar-refractivity contribution in [3.63, 3.8) is 0 Å². The summed E-state index contributed by atoms with van der Waals surface area (Å²) < 4.78 is 5.65. The van der Waals surface area contributed by atoms with Crippen LogP contribution in [0.3, 0.4) is 0 Å². The Morgan fingerprint density at radius 2 is 2.08 bits per heavy atom. The molecule has 1 aliphatic rings. The molecule has 1 saturated heterocycles. The van der Waals surface area contributed by atoms with Gasteiger partial charge in [0.15, 0.2) is 0 Å². The van der Waals surface area contributed by atoms with Gasteiger partial charge in [0, 0.05) is 12.1 Å². The molecule has 0 amide bonds. The van der Waals surface area contributed by atoms with Crippen LogP contribution in [0.25, 0.3) is 0 Å². The molecule has 0 aromatic heterocycles. The first kappa shape index (κ1) is 11.0. The number of hydrogen-bond acceptors (Lipinski definition) is 2. The molecule has 0 unspecified atom stereocenters. The zero-order valence-corrected chi connectivity index (χ0v) is 9.23. The molecule has 1 fully saturated rings. The van der Waals surface area contributed by atoms with E-state index in [2.05, 4.69) is 26.1 Å². The Bertz CT molecular complexity index is 134. The fraction of sp³-hybridized carbons (Fsp3) is 1.00. The first-order valence-electron chi connectivity index (χ1n) is 5.44. The molecule has 0 spiro atoms. The quantitative estimate of drug-likeness (QED) is 0.728. The molecule has 1 N–H and O–H groups in total. The van der Waals surface area contributed by atoms with Crippen LogP contribution in [0.5, 0.6) is 0 Å². The summed E-state index contributed by atoms with van der Waals surface area (Å²) >= 11 is 0.